The lowest BCUT2D eigenvalue weighted by Gasteiger charge is -2.12. The van der Waals surface area contributed by atoms with Crippen LogP contribution in [0.2, 0.25) is 0 Å². The van der Waals surface area contributed by atoms with Crippen LogP contribution in [-0.2, 0) is 0 Å². The Kier molecular flexibility index (Phi) is 29.6. The molecule has 0 aromatic carbocycles. The minimum absolute atomic E-state index is 0.895. The Morgan fingerprint density at radius 2 is 0.500 bits per heavy atom. The monoisotopic (exact) mass is 507 g/mol. The van der Waals surface area contributed by atoms with E-state index in [0.717, 1.165) is 17.8 Å². The zero-order chi connectivity index (χ0) is 26.5. The minimum atomic E-state index is 0.895. The van der Waals surface area contributed by atoms with E-state index in [2.05, 4.69) is 34.6 Å². The van der Waals surface area contributed by atoms with Crippen LogP contribution < -0.4 is 0 Å². The Balaban J connectivity index is 3.19. The Labute approximate surface area is 232 Å². The van der Waals surface area contributed by atoms with E-state index in [0.29, 0.717) is 0 Å². The topological polar surface area (TPSA) is 0 Å². The third-order valence-corrected chi connectivity index (χ3v) is 8.67. The van der Waals surface area contributed by atoms with Gasteiger partial charge in [-0.05, 0) is 17.8 Å². The van der Waals surface area contributed by atoms with Crippen LogP contribution in [-0.4, -0.2) is 0 Å². The summed E-state index contributed by atoms with van der Waals surface area (Å²) in [6, 6.07) is 0. The van der Waals surface area contributed by atoms with Crippen molar-refractivity contribution in [1.82, 2.24) is 0 Å². The fourth-order valence-electron chi connectivity index (χ4n) is 5.89. The van der Waals surface area contributed by atoms with Crippen LogP contribution in [0.1, 0.15) is 214 Å². The van der Waals surface area contributed by atoms with Crippen molar-refractivity contribution in [1.29, 1.82) is 0 Å². The third-order valence-electron chi connectivity index (χ3n) is 8.67. The molecular formula is C36H74. The van der Waals surface area contributed by atoms with Gasteiger partial charge in [-0.1, -0.05) is 214 Å². The smallest absolute Gasteiger partial charge is 0.0443 e. The first-order valence-corrected chi connectivity index (χ1v) is 17.6. The second-order valence-corrected chi connectivity index (χ2v) is 13.3. The first-order chi connectivity index (χ1) is 17.6. The molecule has 0 bridgehead atoms. The van der Waals surface area contributed by atoms with Crippen molar-refractivity contribution in [3.05, 3.63) is 0 Å². The summed E-state index contributed by atoms with van der Waals surface area (Å²) >= 11 is 0. The lowest BCUT2D eigenvalue weighted by Crippen LogP contribution is -1.96. The summed E-state index contributed by atoms with van der Waals surface area (Å²) < 4.78 is 0. The molecule has 0 aliphatic heterocycles. The molecule has 0 aliphatic rings. The number of rotatable bonds is 30. The Morgan fingerprint density at radius 3 is 0.750 bits per heavy atom. The predicted molar refractivity (Wildman–Crippen MR) is 168 cm³/mol. The predicted octanol–water partition coefficient (Wildman–Crippen LogP) is 13.9. The van der Waals surface area contributed by atoms with Crippen molar-refractivity contribution in [2.45, 2.75) is 214 Å². The first-order valence-electron chi connectivity index (χ1n) is 17.6. The second-order valence-electron chi connectivity index (χ2n) is 13.3. The van der Waals surface area contributed by atoms with E-state index in [1.165, 1.54) is 180 Å². The molecular weight excluding hydrogens is 432 g/mol. The molecule has 2 atom stereocenters. The molecule has 0 N–H and O–H groups in total. The highest BCUT2D eigenvalue weighted by molar-refractivity contribution is 4.58. The van der Waals surface area contributed by atoms with E-state index in [1.807, 2.05) is 0 Å². The highest BCUT2D eigenvalue weighted by Gasteiger charge is 2.04. The Morgan fingerprint density at radius 1 is 0.278 bits per heavy atom. The molecule has 0 rings (SSSR count). The molecule has 0 amide bonds. The minimum Gasteiger partial charge on any atom is -0.0654 e. The third kappa shape index (κ3) is 30.2. The van der Waals surface area contributed by atoms with Crippen LogP contribution in [0.15, 0.2) is 0 Å². The summed E-state index contributed by atoms with van der Waals surface area (Å²) in [6.07, 6.45) is 41.2. The van der Waals surface area contributed by atoms with E-state index >= 15 is 0 Å². The molecule has 0 aromatic heterocycles. The fourth-order valence-corrected chi connectivity index (χ4v) is 5.89. The van der Waals surface area contributed by atoms with E-state index in [1.54, 1.807) is 0 Å². The molecule has 0 spiro atoms. The van der Waals surface area contributed by atoms with Crippen LogP contribution in [0.4, 0.5) is 0 Å². The SMILES string of the molecule is CCCCCC(C)CCCCCCC(C)CCCCCCCCCCCCCCCCCCC(C)C. The zero-order valence-electron chi connectivity index (χ0n) is 26.5. The van der Waals surface area contributed by atoms with Gasteiger partial charge in [0.15, 0.2) is 0 Å². The highest BCUT2D eigenvalue weighted by atomic mass is 14.1. The van der Waals surface area contributed by atoms with Gasteiger partial charge in [0.1, 0.15) is 0 Å². The quantitative estimate of drug-likeness (QED) is 0.0849. The largest absolute Gasteiger partial charge is 0.0654 e. The maximum absolute atomic E-state index is 2.50. The maximum Gasteiger partial charge on any atom is -0.0443 e. The molecule has 0 saturated carbocycles. The fraction of sp³-hybridized carbons (Fsp3) is 1.00. The number of unbranched alkanes of at least 4 members (excludes halogenated alkanes) is 20. The molecule has 0 aromatic rings. The second kappa shape index (κ2) is 29.6. The average molecular weight is 507 g/mol. The van der Waals surface area contributed by atoms with Crippen molar-refractivity contribution in [3.63, 3.8) is 0 Å². The van der Waals surface area contributed by atoms with Crippen LogP contribution in [0.25, 0.3) is 0 Å². The average Bonchev–Trinajstić information content (AvgIpc) is 2.85. The maximum atomic E-state index is 2.50. The van der Waals surface area contributed by atoms with E-state index in [9.17, 15) is 0 Å². The van der Waals surface area contributed by atoms with Crippen molar-refractivity contribution >= 4 is 0 Å². The van der Waals surface area contributed by atoms with Gasteiger partial charge in [0, 0.05) is 0 Å². The Hall–Kier alpha value is 0. The lowest BCUT2D eigenvalue weighted by molar-refractivity contribution is 0.414. The van der Waals surface area contributed by atoms with Gasteiger partial charge in [0.25, 0.3) is 0 Å². The molecule has 0 saturated heterocycles. The Bertz CT molecular complexity index is 383. The summed E-state index contributed by atoms with van der Waals surface area (Å²) in [7, 11) is 0. The molecule has 0 nitrogen and oxygen atoms in total. The summed E-state index contributed by atoms with van der Waals surface area (Å²) in [5, 5.41) is 0. The molecule has 0 radical (unpaired) electrons. The van der Waals surface area contributed by atoms with E-state index in [-0.39, 0.29) is 0 Å². The van der Waals surface area contributed by atoms with Gasteiger partial charge >= 0.3 is 0 Å². The van der Waals surface area contributed by atoms with Gasteiger partial charge in [0.05, 0.1) is 0 Å². The summed E-state index contributed by atoms with van der Waals surface area (Å²) in [5.74, 6) is 2.82. The van der Waals surface area contributed by atoms with Gasteiger partial charge < -0.3 is 0 Å². The summed E-state index contributed by atoms with van der Waals surface area (Å²) in [6.45, 7) is 12.0. The summed E-state index contributed by atoms with van der Waals surface area (Å²) in [4.78, 5) is 0. The molecule has 0 fully saturated rings. The number of hydrogen-bond acceptors (Lipinski definition) is 0. The molecule has 36 heavy (non-hydrogen) atoms. The molecule has 2 unspecified atom stereocenters. The van der Waals surface area contributed by atoms with Crippen molar-refractivity contribution in [2.24, 2.45) is 17.8 Å². The first kappa shape index (κ1) is 36.0. The van der Waals surface area contributed by atoms with Crippen LogP contribution in [0.5, 0.6) is 0 Å². The van der Waals surface area contributed by atoms with Crippen LogP contribution >= 0.6 is 0 Å². The van der Waals surface area contributed by atoms with Gasteiger partial charge in [-0.3, -0.25) is 0 Å². The van der Waals surface area contributed by atoms with Crippen molar-refractivity contribution in [2.75, 3.05) is 0 Å². The van der Waals surface area contributed by atoms with E-state index in [4.69, 9.17) is 0 Å². The van der Waals surface area contributed by atoms with Gasteiger partial charge in [-0.25, -0.2) is 0 Å². The molecule has 0 aliphatic carbocycles. The highest BCUT2D eigenvalue weighted by Crippen LogP contribution is 2.21. The van der Waals surface area contributed by atoms with Crippen LogP contribution in [0.3, 0.4) is 0 Å². The molecule has 0 heterocycles. The normalized spacial score (nSPS) is 13.5. The lowest BCUT2D eigenvalue weighted by atomic mass is 9.94. The van der Waals surface area contributed by atoms with Crippen LogP contribution in [0, 0.1) is 17.8 Å². The van der Waals surface area contributed by atoms with Crippen molar-refractivity contribution in [3.8, 4) is 0 Å². The van der Waals surface area contributed by atoms with Crippen molar-refractivity contribution < 1.29 is 0 Å². The number of hydrogen-bond donors (Lipinski definition) is 0. The molecule has 0 heteroatoms. The standard InChI is InChI=1S/C36H74/c1-6-7-24-30-35(4)32-27-22-23-28-33-36(5)31-26-21-19-17-15-13-11-9-8-10-12-14-16-18-20-25-29-34(2)3/h34-36H,6-33H2,1-5H3. The van der Waals surface area contributed by atoms with Gasteiger partial charge in [-0.2, -0.15) is 0 Å². The van der Waals surface area contributed by atoms with E-state index < -0.39 is 0 Å². The zero-order valence-corrected chi connectivity index (χ0v) is 26.5. The van der Waals surface area contributed by atoms with Gasteiger partial charge in [0.2, 0.25) is 0 Å². The summed E-state index contributed by atoms with van der Waals surface area (Å²) in [5.41, 5.74) is 0. The van der Waals surface area contributed by atoms with Gasteiger partial charge in [-0.15, -0.1) is 0 Å². The molecule has 218 valence electrons.